The van der Waals surface area contributed by atoms with Crippen LogP contribution in [0, 0.1) is 22.0 Å². The number of nitrogens with two attached hydrogens (primary N) is 2. The number of anilines is 1. The molecule has 4 rings (SSSR count). The molecule has 0 bridgehead atoms. The van der Waals surface area contributed by atoms with Gasteiger partial charge in [-0.15, -0.1) is 0 Å². The second kappa shape index (κ2) is 13.5. The number of aromatic nitrogens is 4. The van der Waals surface area contributed by atoms with Gasteiger partial charge in [0.1, 0.15) is 18.9 Å². The smallest absolute Gasteiger partial charge is 0.471 e. The average Bonchev–Trinajstić information content (AvgIpc) is 3.50. The van der Waals surface area contributed by atoms with Gasteiger partial charge < -0.3 is 45.6 Å². The molecule has 0 saturated carbocycles. The highest BCUT2D eigenvalue weighted by molar-refractivity contribution is 7.66. The molecule has 0 aliphatic carbocycles. The normalized spacial score (nSPS) is 21.1. The van der Waals surface area contributed by atoms with Crippen LogP contribution < -0.4 is 16.2 Å². The van der Waals surface area contributed by atoms with Crippen LogP contribution >= 0.6 is 23.5 Å². The van der Waals surface area contributed by atoms with E-state index < -0.39 is 53.4 Å². The van der Waals surface area contributed by atoms with Crippen molar-refractivity contribution in [3.8, 4) is 17.7 Å². The van der Waals surface area contributed by atoms with Crippen molar-refractivity contribution in [2.24, 2.45) is 5.73 Å². The number of aliphatic hydroxyl groups is 1. The molecule has 2 aromatic heterocycles. The Hall–Kier alpha value is -3.38. The standard InChI is InChI=1S/C20H24N7O15P3/c21-5-1-2-11-3-4-12(13(6-11)27(29)30)8-38-19-17-18(24-20(22)25-19)26(10-23-17)16-7-14(28)15(40-16)9-39-44(34,35)42-45(36,37)41-43(31,32)33/h3-4,6,10,14-16,28H,5,7-9,21H2,(H,34,35)(H,36,37)(H2,22,24,25)(H2,31,32,33)/t14-,15+,16+/m0/s1. The van der Waals surface area contributed by atoms with E-state index in [2.05, 4.69) is 39.9 Å². The maximum Gasteiger partial charge on any atom is 0.490 e. The zero-order valence-electron chi connectivity index (χ0n) is 22.4. The van der Waals surface area contributed by atoms with Crippen LogP contribution in [0.1, 0.15) is 23.8 Å². The minimum absolute atomic E-state index is 0.0603. The summed E-state index contributed by atoms with van der Waals surface area (Å²) >= 11 is 0. The highest BCUT2D eigenvalue weighted by atomic mass is 31.3. The van der Waals surface area contributed by atoms with Gasteiger partial charge >= 0.3 is 23.5 Å². The number of ether oxygens (including phenoxy) is 2. The number of benzene rings is 1. The van der Waals surface area contributed by atoms with E-state index in [0.29, 0.717) is 5.56 Å². The fourth-order valence-corrected chi connectivity index (χ4v) is 6.99. The molecule has 9 N–H and O–H groups in total. The van der Waals surface area contributed by atoms with Gasteiger partial charge in [-0.3, -0.25) is 19.2 Å². The lowest BCUT2D eigenvalue weighted by atomic mass is 10.1. The number of rotatable bonds is 12. The van der Waals surface area contributed by atoms with E-state index in [-0.39, 0.29) is 53.8 Å². The Kier molecular flexibility index (Phi) is 10.4. The molecule has 25 heteroatoms. The molecule has 0 radical (unpaired) electrons. The average molecular weight is 695 g/mol. The van der Waals surface area contributed by atoms with Gasteiger partial charge in [-0.05, 0) is 12.1 Å². The lowest BCUT2D eigenvalue weighted by Crippen LogP contribution is -2.26. The van der Waals surface area contributed by atoms with Crippen LogP contribution in [0.5, 0.6) is 5.88 Å². The van der Waals surface area contributed by atoms with Crippen LogP contribution in [-0.4, -0.2) is 74.5 Å². The number of nitrogen functional groups attached to an aromatic ring is 1. The number of hydrogen-bond acceptors (Lipinski definition) is 16. The molecule has 0 amide bonds. The summed E-state index contributed by atoms with van der Waals surface area (Å²) < 4.78 is 58.8. The van der Waals surface area contributed by atoms with E-state index in [1.165, 1.54) is 23.0 Å². The van der Waals surface area contributed by atoms with Crippen LogP contribution in [0.4, 0.5) is 11.6 Å². The van der Waals surface area contributed by atoms with Gasteiger partial charge in [-0.25, -0.2) is 18.7 Å². The first-order valence-corrected chi connectivity index (χ1v) is 16.7. The van der Waals surface area contributed by atoms with Gasteiger partial charge in [0.15, 0.2) is 11.2 Å². The van der Waals surface area contributed by atoms with Crippen LogP contribution in [0.3, 0.4) is 0 Å². The summed E-state index contributed by atoms with van der Waals surface area (Å²) in [5.74, 6) is 4.90. The summed E-state index contributed by atoms with van der Waals surface area (Å²) in [6.45, 7) is -1.14. The number of nitro benzene ring substituents is 1. The molecule has 1 fully saturated rings. The lowest BCUT2D eigenvalue weighted by Gasteiger charge is -2.19. The van der Waals surface area contributed by atoms with E-state index in [1.807, 2.05) is 0 Å². The van der Waals surface area contributed by atoms with Crippen molar-refractivity contribution in [1.82, 2.24) is 19.5 Å². The molecule has 0 spiro atoms. The maximum atomic E-state index is 12.0. The first-order chi connectivity index (χ1) is 21.0. The molecule has 1 aliphatic heterocycles. The minimum Gasteiger partial charge on any atom is -0.471 e. The number of hydrogen-bond donors (Lipinski definition) is 7. The fraction of sp³-hybridized carbons (Fsp3) is 0.350. The Bertz CT molecular complexity index is 1800. The highest BCUT2D eigenvalue weighted by Gasteiger charge is 2.43. The zero-order valence-corrected chi connectivity index (χ0v) is 25.1. The van der Waals surface area contributed by atoms with Crippen molar-refractivity contribution in [2.75, 3.05) is 18.9 Å². The Morgan fingerprint density at radius 2 is 1.89 bits per heavy atom. The third-order valence-electron chi connectivity index (χ3n) is 5.72. The number of fused-ring (bicyclic) bond motifs is 1. The summed E-state index contributed by atoms with van der Waals surface area (Å²) in [5.41, 5.74) is 11.6. The number of phosphoric ester groups is 1. The zero-order chi connectivity index (χ0) is 33.2. The van der Waals surface area contributed by atoms with Crippen LogP contribution in [-0.2, 0) is 38.2 Å². The molecule has 3 heterocycles. The topological polar surface area (TPSA) is 337 Å². The molecule has 5 atom stereocenters. The number of nitrogens with zero attached hydrogens (tertiary/aromatic N) is 5. The van der Waals surface area contributed by atoms with Crippen LogP contribution in [0.2, 0.25) is 0 Å². The molecule has 1 aliphatic rings. The lowest BCUT2D eigenvalue weighted by molar-refractivity contribution is -0.385. The van der Waals surface area contributed by atoms with Crippen molar-refractivity contribution < 1.29 is 65.9 Å². The van der Waals surface area contributed by atoms with Crippen LogP contribution in [0.25, 0.3) is 11.2 Å². The van der Waals surface area contributed by atoms with Crippen molar-refractivity contribution in [2.45, 2.75) is 31.5 Å². The minimum atomic E-state index is -5.74. The van der Waals surface area contributed by atoms with E-state index in [0.717, 1.165) is 0 Å². The second-order valence-electron chi connectivity index (χ2n) is 8.93. The van der Waals surface area contributed by atoms with Gasteiger partial charge in [0.25, 0.3) is 5.69 Å². The largest absolute Gasteiger partial charge is 0.490 e. The van der Waals surface area contributed by atoms with Gasteiger partial charge in [0, 0.05) is 18.1 Å². The maximum absolute atomic E-state index is 12.0. The molecule has 1 aromatic carbocycles. The van der Waals surface area contributed by atoms with E-state index >= 15 is 0 Å². The number of aliphatic hydroxyl groups excluding tert-OH is 1. The summed E-state index contributed by atoms with van der Waals surface area (Å²) in [6, 6.07) is 4.27. The van der Waals surface area contributed by atoms with Crippen molar-refractivity contribution in [1.29, 1.82) is 0 Å². The van der Waals surface area contributed by atoms with Gasteiger partial charge in [-0.1, -0.05) is 11.8 Å². The first kappa shape index (κ1) is 34.5. The molecule has 244 valence electrons. The first-order valence-electron chi connectivity index (χ1n) is 12.2. The summed E-state index contributed by atoms with van der Waals surface area (Å²) in [5, 5.41) is 22.1. The molecule has 2 unspecified atom stereocenters. The van der Waals surface area contributed by atoms with Crippen molar-refractivity contribution in [3.05, 3.63) is 45.8 Å². The Labute approximate surface area is 251 Å². The predicted octanol–water partition coefficient (Wildman–Crippen LogP) is 0.198. The van der Waals surface area contributed by atoms with E-state index in [1.54, 1.807) is 6.07 Å². The molecular formula is C20H24N7O15P3. The molecular weight excluding hydrogens is 671 g/mol. The second-order valence-corrected chi connectivity index (χ2v) is 13.3. The summed E-state index contributed by atoms with van der Waals surface area (Å²) in [7, 11) is -16.8. The summed E-state index contributed by atoms with van der Waals surface area (Å²) in [6.07, 6.45) is -2.61. The molecule has 22 nitrogen and oxygen atoms in total. The number of phosphoric acid groups is 3. The Balaban J connectivity index is 1.47. The summed E-state index contributed by atoms with van der Waals surface area (Å²) in [4.78, 5) is 59.5. The SMILES string of the molecule is NCC#Cc1ccc(COc2nc(N)nc3c2ncn3[C@H]2C[C@H](O)[C@@H](COP(=O)(O)OP(=O)(O)OP(=O)(O)O)O2)c([N+](=O)[O-])c1. The quantitative estimate of drug-likeness (QED) is 0.0575. The van der Waals surface area contributed by atoms with Crippen molar-refractivity contribution >= 4 is 46.3 Å². The third-order valence-corrected chi connectivity index (χ3v) is 9.52. The van der Waals surface area contributed by atoms with E-state index in [9.17, 15) is 38.7 Å². The van der Waals surface area contributed by atoms with Gasteiger partial charge in [0.05, 0.1) is 36.1 Å². The van der Waals surface area contributed by atoms with E-state index in [4.69, 9.17) is 30.7 Å². The molecule has 3 aromatic rings. The van der Waals surface area contributed by atoms with Crippen LogP contribution in [0.15, 0.2) is 24.5 Å². The van der Waals surface area contributed by atoms with Gasteiger partial charge in [0.2, 0.25) is 11.8 Å². The highest BCUT2D eigenvalue weighted by Crippen LogP contribution is 2.66. The molecule has 45 heavy (non-hydrogen) atoms. The fourth-order valence-electron chi connectivity index (χ4n) is 3.96. The predicted molar refractivity (Wildman–Crippen MR) is 147 cm³/mol. The third kappa shape index (κ3) is 9.09. The Morgan fingerprint density at radius 3 is 2.56 bits per heavy atom. The number of nitro groups is 1. The monoisotopic (exact) mass is 695 g/mol. The molecule has 1 saturated heterocycles. The Morgan fingerprint density at radius 1 is 1.16 bits per heavy atom. The van der Waals surface area contributed by atoms with Crippen molar-refractivity contribution in [3.63, 3.8) is 0 Å². The number of imidazole rings is 1. The van der Waals surface area contributed by atoms with Gasteiger partial charge in [-0.2, -0.15) is 18.6 Å².